The van der Waals surface area contributed by atoms with Crippen molar-refractivity contribution in [3.63, 3.8) is 0 Å². The molecule has 0 saturated heterocycles. The molecule has 1 aromatic heterocycles. The SMILES string of the molecule is CCn1c(=O)c(C(=O)NC(C)c2ccccc2)nn(-c2ccc(OC)c(OC)c2)c1=O. The van der Waals surface area contributed by atoms with Crippen molar-refractivity contribution in [1.82, 2.24) is 19.7 Å². The highest BCUT2D eigenvalue weighted by molar-refractivity contribution is 5.92. The van der Waals surface area contributed by atoms with Crippen LogP contribution in [0.25, 0.3) is 5.69 Å². The minimum absolute atomic E-state index is 0.0853. The lowest BCUT2D eigenvalue weighted by molar-refractivity contribution is 0.0930. The molecule has 1 heterocycles. The lowest BCUT2D eigenvalue weighted by Gasteiger charge is -2.16. The second kappa shape index (κ2) is 9.29. The van der Waals surface area contributed by atoms with E-state index in [9.17, 15) is 14.4 Å². The number of benzene rings is 2. The second-order valence-electron chi connectivity index (χ2n) is 6.74. The topological polar surface area (TPSA) is 104 Å². The van der Waals surface area contributed by atoms with Gasteiger partial charge in [-0.25, -0.2) is 4.79 Å². The van der Waals surface area contributed by atoms with Gasteiger partial charge in [0.25, 0.3) is 11.5 Å². The highest BCUT2D eigenvalue weighted by Crippen LogP contribution is 2.28. The van der Waals surface area contributed by atoms with Crippen LogP contribution in [-0.4, -0.2) is 34.5 Å². The molecule has 31 heavy (non-hydrogen) atoms. The minimum Gasteiger partial charge on any atom is -0.493 e. The van der Waals surface area contributed by atoms with Gasteiger partial charge >= 0.3 is 5.69 Å². The van der Waals surface area contributed by atoms with E-state index in [1.54, 1.807) is 32.0 Å². The summed E-state index contributed by atoms with van der Waals surface area (Å²) in [6.45, 7) is 3.54. The zero-order valence-electron chi connectivity index (χ0n) is 17.8. The van der Waals surface area contributed by atoms with Crippen LogP contribution >= 0.6 is 0 Å². The van der Waals surface area contributed by atoms with Gasteiger partial charge in [-0.1, -0.05) is 30.3 Å². The van der Waals surface area contributed by atoms with Crippen molar-refractivity contribution in [2.24, 2.45) is 0 Å². The molecule has 3 aromatic rings. The predicted molar refractivity (Wildman–Crippen MR) is 115 cm³/mol. The van der Waals surface area contributed by atoms with Crippen LogP contribution in [0.15, 0.2) is 58.1 Å². The monoisotopic (exact) mass is 424 g/mol. The van der Waals surface area contributed by atoms with Crippen molar-refractivity contribution in [3.8, 4) is 17.2 Å². The Kier molecular flexibility index (Phi) is 6.54. The van der Waals surface area contributed by atoms with E-state index >= 15 is 0 Å². The summed E-state index contributed by atoms with van der Waals surface area (Å²) in [7, 11) is 2.96. The van der Waals surface area contributed by atoms with Gasteiger partial charge in [-0.3, -0.25) is 14.2 Å². The van der Waals surface area contributed by atoms with Crippen molar-refractivity contribution in [2.75, 3.05) is 14.2 Å². The number of carbonyl (C=O) groups excluding carboxylic acids is 1. The summed E-state index contributed by atoms with van der Waals surface area (Å²) in [4.78, 5) is 38.5. The third kappa shape index (κ3) is 4.35. The number of carbonyl (C=O) groups is 1. The van der Waals surface area contributed by atoms with Crippen LogP contribution in [-0.2, 0) is 6.54 Å². The molecule has 9 nitrogen and oxygen atoms in total. The van der Waals surface area contributed by atoms with Crippen LogP contribution in [0.5, 0.6) is 11.5 Å². The fourth-order valence-electron chi connectivity index (χ4n) is 3.15. The number of nitrogens with one attached hydrogen (secondary N) is 1. The number of methoxy groups -OCH3 is 2. The maximum absolute atomic E-state index is 12.9. The van der Waals surface area contributed by atoms with Crippen LogP contribution < -0.4 is 26.0 Å². The van der Waals surface area contributed by atoms with Crippen LogP contribution in [0.3, 0.4) is 0 Å². The maximum atomic E-state index is 12.9. The number of ether oxygens (including phenoxy) is 2. The van der Waals surface area contributed by atoms with E-state index in [1.807, 2.05) is 30.3 Å². The molecule has 0 aliphatic rings. The Hall–Kier alpha value is -3.88. The Balaban J connectivity index is 2.07. The van der Waals surface area contributed by atoms with Crippen molar-refractivity contribution < 1.29 is 14.3 Å². The first-order valence-corrected chi connectivity index (χ1v) is 9.73. The highest BCUT2D eigenvalue weighted by atomic mass is 16.5. The van der Waals surface area contributed by atoms with Crippen LogP contribution in [0, 0.1) is 0 Å². The zero-order valence-corrected chi connectivity index (χ0v) is 17.8. The maximum Gasteiger partial charge on any atom is 0.352 e. The van der Waals surface area contributed by atoms with Gasteiger partial charge in [0, 0.05) is 12.6 Å². The van der Waals surface area contributed by atoms with Gasteiger partial charge in [0.2, 0.25) is 5.69 Å². The Morgan fingerprint density at radius 2 is 1.74 bits per heavy atom. The molecule has 3 rings (SSSR count). The summed E-state index contributed by atoms with van der Waals surface area (Å²) < 4.78 is 12.5. The van der Waals surface area contributed by atoms with Gasteiger partial charge in [-0.2, -0.15) is 9.78 Å². The van der Waals surface area contributed by atoms with Gasteiger partial charge < -0.3 is 14.8 Å². The Morgan fingerprint density at radius 3 is 2.35 bits per heavy atom. The lowest BCUT2D eigenvalue weighted by Crippen LogP contribution is -2.45. The number of hydrogen-bond acceptors (Lipinski definition) is 6. The summed E-state index contributed by atoms with van der Waals surface area (Å²) >= 11 is 0. The molecule has 0 spiro atoms. The minimum atomic E-state index is -0.748. The van der Waals surface area contributed by atoms with E-state index in [0.29, 0.717) is 17.2 Å². The fraction of sp³-hybridized carbons (Fsp3) is 0.273. The van der Waals surface area contributed by atoms with Crippen LogP contribution in [0.4, 0.5) is 0 Å². The average Bonchev–Trinajstić information content (AvgIpc) is 2.79. The molecule has 0 bridgehead atoms. The fourth-order valence-corrected chi connectivity index (χ4v) is 3.15. The molecule has 162 valence electrons. The molecule has 1 unspecified atom stereocenters. The molecule has 2 aromatic carbocycles. The molecule has 0 aliphatic carbocycles. The molecule has 9 heteroatoms. The molecular weight excluding hydrogens is 400 g/mol. The molecule has 1 N–H and O–H groups in total. The van der Waals surface area contributed by atoms with Gasteiger partial charge in [0.05, 0.1) is 25.9 Å². The first-order valence-electron chi connectivity index (χ1n) is 9.73. The molecular formula is C22H24N4O5. The summed E-state index contributed by atoms with van der Waals surface area (Å²) in [5.41, 5.74) is -0.580. The predicted octanol–water partition coefficient (Wildman–Crippen LogP) is 1.92. The Morgan fingerprint density at radius 1 is 1.06 bits per heavy atom. The number of aromatic nitrogens is 3. The first-order chi connectivity index (χ1) is 14.9. The van der Waals surface area contributed by atoms with Crippen molar-refractivity contribution in [2.45, 2.75) is 26.4 Å². The van der Waals surface area contributed by atoms with E-state index in [0.717, 1.165) is 14.8 Å². The van der Waals surface area contributed by atoms with Crippen molar-refractivity contribution >= 4 is 5.91 Å². The van der Waals surface area contributed by atoms with E-state index in [2.05, 4.69) is 10.4 Å². The van der Waals surface area contributed by atoms with Crippen LogP contribution in [0.2, 0.25) is 0 Å². The Bertz CT molecular complexity index is 1200. The largest absolute Gasteiger partial charge is 0.493 e. The highest BCUT2D eigenvalue weighted by Gasteiger charge is 2.22. The quantitative estimate of drug-likeness (QED) is 0.621. The van der Waals surface area contributed by atoms with E-state index in [1.165, 1.54) is 14.2 Å². The summed E-state index contributed by atoms with van der Waals surface area (Å²) in [6, 6.07) is 13.7. The number of hydrogen-bond donors (Lipinski definition) is 1. The third-order valence-corrected chi connectivity index (χ3v) is 4.85. The van der Waals surface area contributed by atoms with E-state index in [-0.39, 0.29) is 18.3 Å². The average molecular weight is 424 g/mol. The van der Waals surface area contributed by atoms with E-state index in [4.69, 9.17) is 9.47 Å². The molecule has 0 fully saturated rings. The second-order valence-corrected chi connectivity index (χ2v) is 6.74. The molecule has 0 saturated carbocycles. The van der Waals surface area contributed by atoms with Gasteiger partial charge in [-0.15, -0.1) is 0 Å². The van der Waals surface area contributed by atoms with Crippen molar-refractivity contribution in [3.05, 3.63) is 80.6 Å². The summed E-state index contributed by atoms with van der Waals surface area (Å²) in [6.07, 6.45) is 0. The Labute approximate surface area is 178 Å². The lowest BCUT2D eigenvalue weighted by atomic mass is 10.1. The molecule has 0 aliphatic heterocycles. The number of amides is 1. The van der Waals surface area contributed by atoms with Gasteiger partial charge in [-0.05, 0) is 31.5 Å². The third-order valence-electron chi connectivity index (χ3n) is 4.85. The molecule has 1 amide bonds. The smallest absolute Gasteiger partial charge is 0.352 e. The van der Waals surface area contributed by atoms with Crippen LogP contribution in [0.1, 0.15) is 35.9 Å². The van der Waals surface area contributed by atoms with Gasteiger partial charge in [0.1, 0.15) is 0 Å². The number of nitrogens with zero attached hydrogens (tertiary/aromatic N) is 3. The first kappa shape index (κ1) is 21.8. The van der Waals surface area contributed by atoms with Crippen molar-refractivity contribution in [1.29, 1.82) is 0 Å². The zero-order chi connectivity index (χ0) is 22.5. The number of rotatable bonds is 7. The normalized spacial score (nSPS) is 11.6. The summed E-state index contributed by atoms with van der Waals surface area (Å²) in [5, 5.41) is 6.86. The standard InChI is InChI=1S/C22H24N4O5/c1-5-25-21(28)19(20(27)23-14(2)15-9-7-6-8-10-15)24-26(22(25)29)16-11-12-17(30-3)18(13-16)31-4/h6-14H,5H2,1-4H3,(H,23,27). The van der Waals surface area contributed by atoms with Gasteiger partial charge in [0.15, 0.2) is 11.5 Å². The van der Waals surface area contributed by atoms with E-state index < -0.39 is 17.2 Å². The summed E-state index contributed by atoms with van der Waals surface area (Å²) in [5.74, 6) is 0.183. The molecule has 0 radical (unpaired) electrons. The molecule has 1 atom stereocenters.